The number of hydrogen-bond donors (Lipinski definition) is 0. The summed E-state index contributed by atoms with van der Waals surface area (Å²) in [5.74, 6) is 3.03. The molecule has 0 unspecified atom stereocenters. The summed E-state index contributed by atoms with van der Waals surface area (Å²) >= 11 is 0. The van der Waals surface area contributed by atoms with Crippen LogP contribution in [-0.2, 0) is 16.1 Å². The van der Waals surface area contributed by atoms with Crippen molar-refractivity contribution in [2.75, 3.05) is 7.11 Å². The van der Waals surface area contributed by atoms with Crippen molar-refractivity contribution in [1.29, 1.82) is 0 Å². The molecule has 4 fully saturated rings. The largest absolute Gasteiger partial charge is 0.497 e. The minimum Gasteiger partial charge on any atom is -0.497 e. The van der Waals surface area contributed by atoms with Crippen molar-refractivity contribution >= 4 is 5.97 Å². The highest BCUT2D eigenvalue weighted by atomic mass is 16.5. The van der Waals surface area contributed by atoms with Gasteiger partial charge in [0.25, 0.3) is 0 Å². The fraction of sp³-hybridized carbons (Fsp3) is 0.667. The van der Waals surface area contributed by atoms with Gasteiger partial charge in [-0.05, 0) is 62.3 Å². The average Bonchev–Trinajstić information content (AvgIpc) is 2.51. The third kappa shape index (κ3) is 2.38. The molecule has 0 spiro atoms. The number of pyridine rings is 1. The number of ether oxygens (including phenoxy) is 2. The summed E-state index contributed by atoms with van der Waals surface area (Å²) in [5.41, 5.74) is 0.561. The minimum absolute atomic E-state index is 0.0104. The van der Waals surface area contributed by atoms with Crippen LogP contribution in [0.3, 0.4) is 0 Å². The average molecular weight is 301 g/mol. The number of nitrogens with zero attached hydrogens (tertiary/aromatic N) is 1. The molecule has 1 aromatic rings. The Bertz CT molecular complexity index is 548. The monoisotopic (exact) mass is 301 g/mol. The van der Waals surface area contributed by atoms with Crippen LogP contribution in [0, 0.1) is 23.2 Å². The molecule has 22 heavy (non-hydrogen) atoms. The number of hydrogen-bond acceptors (Lipinski definition) is 4. The molecule has 4 saturated carbocycles. The Labute approximate surface area is 131 Å². The number of carbonyl (C=O) groups is 1. The quantitative estimate of drug-likeness (QED) is 0.800. The summed E-state index contributed by atoms with van der Waals surface area (Å²) in [6, 6.07) is 3.62. The zero-order valence-electron chi connectivity index (χ0n) is 13.1. The van der Waals surface area contributed by atoms with Crippen LogP contribution >= 0.6 is 0 Å². The lowest BCUT2D eigenvalue weighted by molar-refractivity contribution is -0.173. The van der Waals surface area contributed by atoms with E-state index >= 15 is 0 Å². The van der Waals surface area contributed by atoms with Crippen molar-refractivity contribution in [3.63, 3.8) is 0 Å². The summed E-state index contributed by atoms with van der Waals surface area (Å²) in [4.78, 5) is 17.0. The predicted octanol–water partition coefficient (Wildman–Crippen LogP) is 3.35. The molecule has 5 rings (SSSR count). The second-order valence-corrected chi connectivity index (χ2v) is 7.46. The van der Waals surface area contributed by atoms with Crippen LogP contribution < -0.4 is 4.74 Å². The fourth-order valence-corrected chi connectivity index (χ4v) is 5.32. The molecule has 4 heteroatoms. The number of methoxy groups -OCH3 is 1. The smallest absolute Gasteiger partial charge is 0.312 e. The first-order chi connectivity index (χ1) is 10.7. The van der Waals surface area contributed by atoms with Crippen LogP contribution in [0.2, 0.25) is 0 Å². The SMILES string of the molecule is COc1ccnc(COC(=O)C23CC4CC(CC(C4)C2)C3)c1. The molecule has 4 nitrogen and oxygen atoms in total. The Balaban J connectivity index is 1.44. The third-order valence-corrected chi connectivity index (χ3v) is 5.85. The van der Waals surface area contributed by atoms with E-state index < -0.39 is 0 Å². The van der Waals surface area contributed by atoms with Crippen LogP contribution in [0.15, 0.2) is 18.3 Å². The van der Waals surface area contributed by atoms with Crippen molar-refractivity contribution in [2.45, 2.75) is 45.1 Å². The van der Waals surface area contributed by atoms with E-state index in [0.29, 0.717) is 0 Å². The molecule has 0 radical (unpaired) electrons. The molecule has 4 aliphatic rings. The van der Waals surface area contributed by atoms with E-state index in [2.05, 4.69) is 4.98 Å². The summed E-state index contributed by atoms with van der Waals surface area (Å²) < 4.78 is 10.8. The molecule has 1 aromatic heterocycles. The van der Waals surface area contributed by atoms with Gasteiger partial charge in [0.05, 0.1) is 18.2 Å². The van der Waals surface area contributed by atoms with Gasteiger partial charge in [0.15, 0.2) is 0 Å². The molecule has 4 bridgehead atoms. The first-order valence-corrected chi connectivity index (χ1v) is 8.33. The van der Waals surface area contributed by atoms with Crippen LogP contribution in [0.1, 0.15) is 44.2 Å². The van der Waals surface area contributed by atoms with E-state index in [1.165, 1.54) is 19.3 Å². The standard InChI is InChI=1S/C18H23NO3/c1-21-16-2-3-19-15(7-16)11-22-17(20)18-8-12-4-13(9-18)6-14(5-12)10-18/h2-3,7,12-14H,4-6,8-11H2,1H3. The van der Waals surface area contributed by atoms with E-state index in [4.69, 9.17) is 9.47 Å². The Morgan fingerprint density at radius 3 is 2.45 bits per heavy atom. The van der Waals surface area contributed by atoms with Crippen LogP contribution in [-0.4, -0.2) is 18.1 Å². The van der Waals surface area contributed by atoms with Crippen molar-refractivity contribution < 1.29 is 14.3 Å². The lowest BCUT2D eigenvalue weighted by atomic mass is 9.49. The summed E-state index contributed by atoms with van der Waals surface area (Å²) in [6.07, 6.45) is 8.83. The normalized spacial score (nSPS) is 35.4. The van der Waals surface area contributed by atoms with Gasteiger partial charge >= 0.3 is 5.97 Å². The third-order valence-electron chi connectivity index (χ3n) is 5.85. The Morgan fingerprint density at radius 2 is 1.86 bits per heavy atom. The van der Waals surface area contributed by atoms with Gasteiger partial charge in [0, 0.05) is 12.3 Å². The molecule has 0 N–H and O–H groups in total. The van der Waals surface area contributed by atoms with Crippen molar-refractivity contribution in [3.8, 4) is 5.75 Å². The predicted molar refractivity (Wildman–Crippen MR) is 81.2 cm³/mol. The van der Waals surface area contributed by atoms with Crippen LogP contribution in [0.4, 0.5) is 0 Å². The van der Waals surface area contributed by atoms with E-state index in [0.717, 1.165) is 48.5 Å². The number of rotatable bonds is 4. The second-order valence-electron chi connectivity index (χ2n) is 7.46. The minimum atomic E-state index is -0.187. The summed E-state index contributed by atoms with van der Waals surface area (Å²) in [6.45, 7) is 0.248. The molecule has 0 saturated heterocycles. The molecule has 1 heterocycles. The highest BCUT2D eigenvalue weighted by Crippen LogP contribution is 2.60. The Hall–Kier alpha value is -1.58. The van der Waals surface area contributed by atoms with Gasteiger partial charge in [0.2, 0.25) is 0 Å². The number of aromatic nitrogens is 1. The van der Waals surface area contributed by atoms with E-state index in [1.54, 1.807) is 19.4 Å². The zero-order chi connectivity index (χ0) is 15.2. The van der Waals surface area contributed by atoms with Crippen molar-refractivity contribution in [1.82, 2.24) is 4.98 Å². The lowest BCUT2D eigenvalue weighted by Gasteiger charge is -2.55. The molecule has 4 aliphatic carbocycles. The van der Waals surface area contributed by atoms with Gasteiger partial charge in [0.1, 0.15) is 12.4 Å². The molecular weight excluding hydrogens is 278 g/mol. The first kappa shape index (κ1) is 14.0. The van der Waals surface area contributed by atoms with E-state index in [1.807, 2.05) is 6.07 Å². The number of esters is 1. The molecule has 0 aliphatic heterocycles. The topological polar surface area (TPSA) is 48.4 Å². The van der Waals surface area contributed by atoms with Gasteiger partial charge in [-0.15, -0.1) is 0 Å². The first-order valence-electron chi connectivity index (χ1n) is 8.33. The maximum atomic E-state index is 12.7. The number of carbonyl (C=O) groups excluding carboxylic acids is 1. The Kier molecular flexibility index (Phi) is 3.35. The zero-order valence-corrected chi connectivity index (χ0v) is 13.1. The van der Waals surface area contributed by atoms with Gasteiger partial charge in [-0.3, -0.25) is 9.78 Å². The molecule has 0 amide bonds. The summed E-state index contributed by atoms with van der Waals surface area (Å²) in [5, 5.41) is 0. The van der Waals surface area contributed by atoms with Crippen LogP contribution in [0.5, 0.6) is 5.75 Å². The highest BCUT2D eigenvalue weighted by molar-refractivity contribution is 5.77. The Morgan fingerprint density at radius 1 is 1.23 bits per heavy atom. The molecule has 0 atom stereocenters. The van der Waals surface area contributed by atoms with Gasteiger partial charge in [-0.1, -0.05) is 0 Å². The van der Waals surface area contributed by atoms with E-state index in [9.17, 15) is 4.79 Å². The highest BCUT2D eigenvalue weighted by Gasteiger charge is 2.55. The maximum absolute atomic E-state index is 12.7. The summed E-state index contributed by atoms with van der Waals surface area (Å²) in [7, 11) is 1.63. The van der Waals surface area contributed by atoms with Crippen molar-refractivity contribution in [2.24, 2.45) is 23.2 Å². The van der Waals surface area contributed by atoms with Gasteiger partial charge < -0.3 is 9.47 Å². The lowest BCUT2D eigenvalue weighted by Crippen LogP contribution is -2.50. The van der Waals surface area contributed by atoms with Crippen LogP contribution in [0.25, 0.3) is 0 Å². The fourth-order valence-electron chi connectivity index (χ4n) is 5.32. The van der Waals surface area contributed by atoms with Gasteiger partial charge in [-0.2, -0.15) is 0 Å². The van der Waals surface area contributed by atoms with Gasteiger partial charge in [-0.25, -0.2) is 0 Å². The van der Waals surface area contributed by atoms with E-state index in [-0.39, 0.29) is 18.0 Å². The van der Waals surface area contributed by atoms with Crippen molar-refractivity contribution in [3.05, 3.63) is 24.0 Å². The molecule has 0 aromatic carbocycles. The molecule has 118 valence electrons. The molecular formula is C18H23NO3. The maximum Gasteiger partial charge on any atom is 0.312 e. The second kappa shape index (κ2) is 5.25.